The van der Waals surface area contributed by atoms with Crippen molar-refractivity contribution < 1.29 is 9.90 Å². The molecule has 2 heterocycles. The molecule has 0 spiro atoms. The SMILES string of the molecule is CN1CCC[C@@H](c2nccnc2-c2cccc(C(=O)O)c2)C1. The third-order valence-electron chi connectivity index (χ3n) is 4.12. The minimum Gasteiger partial charge on any atom is -0.478 e. The van der Waals surface area contributed by atoms with Crippen LogP contribution in [0.2, 0.25) is 0 Å². The molecule has 0 saturated carbocycles. The van der Waals surface area contributed by atoms with E-state index in [-0.39, 0.29) is 5.56 Å². The highest BCUT2D eigenvalue weighted by Gasteiger charge is 2.23. The third-order valence-corrected chi connectivity index (χ3v) is 4.12. The summed E-state index contributed by atoms with van der Waals surface area (Å²) in [5.74, 6) is -0.583. The number of carboxylic acid groups (broad SMARTS) is 1. The van der Waals surface area contributed by atoms with Crippen molar-refractivity contribution in [3.8, 4) is 11.3 Å². The van der Waals surface area contributed by atoms with Gasteiger partial charge in [-0.1, -0.05) is 12.1 Å². The predicted molar refractivity (Wildman–Crippen MR) is 83.9 cm³/mol. The average Bonchev–Trinajstić information content (AvgIpc) is 2.55. The molecule has 1 aromatic carbocycles. The van der Waals surface area contributed by atoms with Gasteiger partial charge in [-0.05, 0) is 38.6 Å². The van der Waals surface area contributed by atoms with Crippen LogP contribution in [0.4, 0.5) is 0 Å². The van der Waals surface area contributed by atoms with Gasteiger partial charge in [-0.3, -0.25) is 9.97 Å². The third kappa shape index (κ3) is 2.99. The Morgan fingerprint density at radius 3 is 2.91 bits per heavy atom. The van der Waals surface area contributed by atoms with Crippen LogP contribution >= 0.6 is 0 Å². The maximum Gasteiger partial charge on any atom is 0.335 e. The fourth-order valence-corrected chi connectivity index (χ4v) is 3.06. The summed E-state index contributed by atoms with van der Waals surface area (Å²) in [7, 11) is 2.12. The number of rotatable bonds is 3. The van der Waals surface area contributed by atoms with Crippen molar-refractivity contribution in [1.82, 2.24) is 14.9 Å². The first-order valence-electron chi connectivity index (χ1n) is 7.48. The smallest absolute Gasteiger partial charge is 0.335 e. The molecule has 1 atom stereocenters. The minimum atomic E-state index is -0.926. The number of hydrogen-bond donors (Lipinski definition) is 1. The van der Waals surface area contributed by atoms with Gasteiger partial charge in [-0.2, -0.15) is 0 Å². The number of likely N-dealkylation sites (N-methyl/N-ethyl adjacent to an activating group) is 1. The lowest BCUT2D eigenvalue weighted by molar-refractivity contribution is 0.0697. The summed E-state index contributed by atoms with van der Waals surface area (Å²) in [5.41, 5.74) is 2.86. The summed E-state index contributed by atoms with van der Waals surface area (Å²) in [4.78, 5) is 22.5. The molecule has 1 fully saturated rings. The molecule has 1 saturated heterocycles. The lowest BCUT2D eigenvalue weighted by atomic mass is 9.91. The number of aromatic nitrogens is 2. The monoisotopic (exact) mass is 297 g/mol. The Morgan fingerprint density at radius 1 is 1.32 bits per heavy atom. The molecule has 1 aliphatic rings. The van der Waals surface area contributed by atoms with Gasteiger partial charge in [0, 0.05) is 30.4 Å². The van der Waals surface area contributed by atoms with Crippen molar-refractivity contribution in [1.29, 1.82) is 0 Å². The molecule has 5 nitrogen and oxygen atoms in total. The summed E-state index contributed by atoms with van der Waals surface area (Å²) >= 11 is 0. The number of carboxylic acids is 1. The maximum absolute atomic E-state index is 11.2. The molecule has 22 heavy (non-hydrogen) atoms. The van der Waals surface area contributed by atoms with Crippen LogP contribution in [-0.4, -0.2) is 46.1 Å². The Kier molecular flexibility index (Phi) is 4.15. The number of nitrogens with zero attached hydrogens (tertiary/aromatic N) is 3. The molecular formula is C17H19N3O2. The van der Waals surface area contributed by atoms with E-state index in [1.165, 1.54) is 0 Å². The van der Waals surface area contributed by atoms with E-state index >= 15 is 0 Å². The second-order valence-electron chi connectivity index (χ2n) is 5.78. The zero-order chi connectivity index (χ0) is 15.5. The zero-order valence-corrected chi connectivity index (χ0v) is 12.6. The highest BCUT2D eigenvalue weighted by Crippen LogP contribution is 2.31. The Morgan fingerprint density at radius 2 is 2.14 bits per heavy atom. The summed E-state index contributed by atoms with van der Waals surface area (Å²) in [6, 6.07) is 6.91. The van der Waals surface area contributed by atoms with Gasteiger partial charge >= 0.3 is 5.97 Å². The molecule has 0 unspecified atom stereocenters. The first-order valence-corrected chi connectivity index (χ1v) is 7.48. The van der Waals surface area contributed by atoms with Gasteiger partial charge in [0.05, 0.1) is 17.0 Å². The second kappa shape index (κ2) is 6.23. The molecule has 0 amide bonds. The number of benzene rings is 1. The summed E-state index contributed by atoms with van der Waals surface area (Å²) in [6.07, 6.45) is 5.62. The molecule has 2 aromatic rings. The van der Waals surface area contributed by atoms with Crippen LogP contribution in [0.3, 0.4) is 0 Å². The quantitative estimate of drug-likeness (QED) is 0.943. The van der Waals surface area contributed by atoms with Crippen molar-refractivity contribution in [2.75, 3.05) is 20.1 Å². The van der Waals surface area contributed by atoms with Gasteiger partial charge in [-0.25, -0.2) is 4.79 Å². The van der Waals surface area contributed by atoms with Crippen LogP contribution in [0.25, 0.3) is 11.3 Å². The molecular weight excluding hydrogens is 278 g/mol. The topological polar surface area (TPSA) is 66.3 Å². The van der Waals surface area contributed by atoms with Crippen LogP contribution in [0, 0.1) is 0 Å². The fraction of sp³-hybridized carbons (Fsp3) is 0.353. The largest absolute Gasteiger partial charge is 0.478 e. The highest BCUT2D eigenvalue weighted by atomic mass is 16.4. The Balaban J connectivity index is 2.01. The van der Waals surface area contributed by atoms with E-state index in [0.29, 0.717) is 5.92 Å². The zero-order valence-electron chi connectivity index (χ0n) is 12.6. The highest BCUT2D eigenvalue weighted by molar-refractivity contribution is 5.89. The molecule has 0 bridgehead atoms. The normalized spacial score (nSPS) is 19.0. The predicted octanol–water partition coefficient (Wildman–Crippen LogP) is 2.65. The summed E-state index contributed by atoms with van der Waals surface area (Å²) in [5, 5.41) is 9.17. The molecule has 0 radical (unpaired) electrons. The Bertz CT molecular complexity index is 687. The lowest BCUT2D eigenvalue weighted by Crippen LogP contribution is -2.31. The fourth-order valence-electron chi connectivity index (χ4n) is 3.06. The van der Waals surface area contributed by atoms with Crippen LogP contribution in [0.5, 0.6) is 0 Å². The molecule has 0 aliphatic carbocycles. The van der Waals surface area contributed by atoms with Crippen molar-refractivity contribution in [2.45, 2.75) is 18.8 Å². The van der Waals surface area contributed by atoms with E-state index in [1.54, 1.807) is 30.6 Å². The van der Waals surface area contributed by atoms with Crippen LogP contribution in [-0.2, 0) is 0 Å². The molecule has 3 rings (SSSR count). The van der Waals surface area contributed by atoms with Crippen LogP contribution in [0.15, 0.2) is 36.7 Å². The van der Waals surface area contributed by atoms with Crippen molar-refractivity contribution in [2.24, 2.45) is 0 Å². The molecule has 1 aliphatic heterocycles. The summed E-state index contributed by atoms with van der Waals surface area (Å²) in [6.45, 7) is 2.07. The number of hydrogen-bond acceptors (Lipinski definition) is 4. The minimum absolute atomic E-state index is 0.273. The lowest BCUT2D eigenvalue weighted by Gasteiger charge is -2.30. The number of aromatic carboxylic acids is 1. The van der Waals surface area contributed by atoms with Crippen LogP contribution in [0.1, 0.15) is 34.8 Å². The van der Waals surface area contributed by atoms with E-state index in [4.69, 9.17) is 5.11 Å². The molecule has 5 heteroatoms. The number of piperidine rings is 1. The van der Waals surface area contributed by atoms with E-state index in [0.717, 1.165) is 42.9 Å². The standard InChI is InChI=1S/C17H19N3O2/c1-20-9-3-6-14(11-20)16-15(18-7-8-19-16)12-4-2-5-13(10-12)17(21)22/h2,4-5,7-8,10,14H,3,6,9,11H2,1H3,(H,21,22)/t14-/m1/s1. The maximum atomic E-state index is 11.2. The molecule has 1 aromatic heterocycles. The number of likely N-dealkylation sites (tertiary alicyclic amines) is 1. The van der Waals surface area contributed by atoms with Gasteiger partial charge in [0.25, 0.3) is 0 Å². The van der Waals surface area contributed by atoms with E-state index in [1.807, 2.05) is 6.07 Å². The van der Waals surface area contributed by atoms with Gasteiger partial charge in [0.2, 0.25) is 0 Å². The van der Waals surface area contributed by atoms with Gasteiger partial charge < -0.3 is 10.0 Å². The van der Waals surface area contributed by atoms with Crippen molar-refractivity contribution >= 4 is 5.97 Å². The Labute approximate surface area is 129 Å². The second-order valence-corrected chi connectivity index (χ2v) is 5.78. The van der Waals surface area contributed by atoms with Gasteiger partial charge in [0.1, 0.15) is 0 Å². The van der Waals surface area contributed by atoms with Crippen LogP contribution < -0.4 is 0 Å². The average molecular weight is 297 g/mol. The van der Waals surface area contributed by atoms with Gasteiger partial charge in [-0.15, -0.1) is 0 Å². The van der Waals surface area contributed by atoms with E-state index in [2.05, 4.69) is 21.9 Å². The summed E-state index contributed by atoms with van der Waals surface area (Å²) < 4.78 is 0. The Hall–Kier alpha value is -2.27. The van der Waals surface area contributed by atoms with E-state index < -0.39 is 5.97 Å². The first kappa shape index (κ1) is 14.7. The first-order chi connectivity index (χ1) is 10.6. The molecule has 1 N–H and O–H groups in total. The van der Waals surface area contributed by atoms with Gasteiger partial charge in [0.15, 0.2) is 0 Å². The number of carbonyl (C=O) groups is 1. The van der Waals surface area contributed by atoms with Crippen molar-refractivity contribution in [3.63, 3.8) is 0 Å². The van der Waals surface area contributed by atoms with E-state index in [9.17, 15) is 4.79 Å². The van der Waals surface area contributed by atoms with Crippen molar-refractivity contribution in [3.05, 3.63) is 47.9 Å². The molecule has 114 valence electrons.